The lowest BCUT2D eigenvalue weighted by Gasteiger charge is -2.33. The number of carbonyl (C=O) groups is 1. The van der Waals surface area contributed by atoms with Crippen LogP contribution in [0, 0.1) is 0 Å². The van der Waals surface area contributed by atoms with Crippen molar-refractivity contribution in [2.75, 3.05) is 18.0 Å². The number of alkyl halides is 3. The first kappa shape index (κ1) is 20.2. The summed E-state index contributed by atoms with van der Waals surface area (Å²) in [6.45, 7) is 1.20. The molecule has 1 fully saturated rings. The van der Waals surface area contributed by atoms with E-state index in [0.29, 0.717) is 38.2 Å². The number of nitrogens with one attached hydrogen (secondary N) is 1. The van der Waals surface area contributed by atoms with Crippen LogP contribution in [0.4, 0.5) is 19.0 Å². The molecule has 1 atom stereocenters. The minimum Gasteiger partial charge on any atom is -0.382 e. The Bertz CT molecular complexity index is 908. The molecule has 0 saturated carbocycles. The highest BCUT2D eigenvalue weighted by molar-refractivity contribution is 6.04. The summed E-state index contributed by atoms with van der Waals surface area (Å²) in [6.07, 6.45) is -2.42. The van der Waals surface area contributed by atoms with E-state index in [0.717, 1.165) is 23.5 Å². The van der Waals surface area contributed by atoms with Gasteiger partial charge in [0, 0.05) is 31.7 Å². The van der Waals surface area contributed by atoms with Crippen molar-refractivity contribution in [3.05, 3.63) is 59.8 Å². The Hall–Kier alpha value is -3.10. The van der Waals surface area contributed by atoms with Crippen LogP contribution in [0.5, 0.6) is 0 Å². The summed E-state index contributed by atoms with van der Waals surface area (Å²) in [4.78, 5) is 23.7. The molecule has 0 spiro atoms. The lowest BCUT2D eigenvalue weighted by atomic mass is 10.0. The number of nitrogens with zero attached hydrogens (tertiary/aromatic N) is 3. The standard InChI is InChI=1S/C21H21F3N4O2/c22-21(23,24)15-6-7-19(25-13-15)28-10-8-16(9-11-28)26-20(29)18-12-17(27-30-18)14-4-2-1-3-5-14/h1-7,13,16,18H,8-12H2,(H,26,29)/t18-/m0/s1. The van der Waals surface area contributed by atoms with Crippen molar-refractivity contribution in [1.29, 1.82) is 0 Å². The van der Waals surface area contributed by atoms with Crippen LogP contribution < -0.4 is 10.2 Å². The predicted octanol–water partition coefficient (Wildman–Crippen LogP) is 3.38. The molecule has 2 aliphatic heterocycles. The monoisotopic (exact) mass is 418 g/mol. The van der Waals surface area contributed by atoms with E-state index < -0.39 is 17.8 Å². The van der Waals surface area contributed by atoms with E-state index in [1.165, 1.54) is 6.07 Å². The van der Waals surface area contributed by atoms with E-state index in [1.807, 2.05) is 35.2 Å². The van der Waals surface area contributed by atoms with Gasteiger partial charge in [-0.1, -0.05) is 35.5 Å². The van der Waals surface area contributed by atoms with Gasteiger partial charge in [0.2, 0.25) is 6.10 Å². The number of halogens is 3. The molecule has 1 aromatic carbocycles. The minimum absolute atomic E-state index is 0.0208. The maximum absolute atomic E-state index is 12.7. The van der Waals surface area contributed by atoms with Crippen molar-refractivity contribution >= 4 is 17.4 Å². The van der Waals surface area contributed by atoms with E-state index in [-0.39, 0.29) is 11.9 Å². The molecule has 0 bridgehead atoms. The third-order valence-electron chi connectivity index (χ3n) is 5.31. The smallest absolute Gasteiger partial charge is 0.382 e. The maximum Gasteiger partial charge on any atom is 0.417 e. The fourth-order valence-corrected chi connectivity index (χ4v) is 3.61. The Morgan fingerprint density at radius 3 is 2.47 bits per heavy atom. The van der Waals surface area contributed by atoms with Gasteiger partial charge in [-0.05, 0) is 30.5 Å². The minimum atomic E-state index is -4.39. The molecule has 30 heavy (non-hydrogen) atoms. The average Bonchev–Trinajstić information content (AvgIpc) is 3.25. The average molecular weight is 418 g/mol. The highest BCUT2D eigenvalue weighted by atomic mass is 19.4. The number of piperidine rings is 1. The third kappa shape index (κ3) is 4.55. The van der Waals surface area contributed by atoms with Gasteiger partial charge in [-0.25, -0.2) is 4.98 Å². The number of hydrogen-bond donors (Lipinski definition) is 1. The third-order valence-corrected chi connectivity index (χ3v) is 5.31. The van der Waals surface area contributed by atoms with Gasteiger partial charge in [0.1, 0.15) is 5.82 Å². The number of hydrogen-bond acceptors (Lipinski definition) is 5. The van der Waals surface area contributed by atoms with Crippen LogP contribution in [0.15, 0.2) is 53.8 Å². The summed E-state index contributed by atoms with van der Waals surface area (Å²) < 4.78 is 38.0. The summed E-state index contributed by atoms with van der Waals surface area (Å²) in [6, 6.07) is 12.0. The van der Waals surface area contributed by atoms with Crippen LogP contribution in [0.1, 0.15) is 30.4 Å². The molecule has 0 unspecified atom stereocenters. The first-order valence-corrected chi connectivity index (χ1v) is 9.77. The predicted molar refractivity (Wildman–Crippen MR) is 105 cm³/mol. The molecule has 2 aliphatic rings. The van der Waals surface area contributed by atoms with Gasteiger partial charge < -0.3 is 15.1 Å². The number of amides is 1. The van der Waals surface area contributed by atoms with Gasteiger partial charge in [0.05, 0.1) is 11.3 Å². The van der Waals surface area contributed by atoms with Crippen molar-refractivity contribution in [3.63, 3.8) is 0 Å². The fraction of sp³-hybridized carbons (Fsp3) is 0.381. The van der Waals surface area contributed by atoms with Gasteiger partial charge >= 0.3 is 6.18 Å². The number of benzene rings is 1. The topological polar surface area (TPSA) is 66.8 Å². The summed E-state index contributed by atoms with van der Waals surface area (Å²) >= 11 is 0. The highest BCUT2D eigenvalue weighted by Gasteiger charge is 2.32. The van der Waals surface area contributed by atoms with Crippen LogP contribution in [0.2, 0.25) is 0 Å². The molecule has 1 saturated heterocycles. The summed E-state index contributed by atoms with van der Waals surface area (Å²) in [5, 5.41) is 7.04. The van der Waals surface area contributed by atoms with Crippen molar-refractivity contribution < 1.29 is 22.8 Å². The van der Waals surface area contributed by atoms with Crippen molar-refractivity contribution in [2.24, 2.45) is 5.16 Å². The van der Waals surface area contributed by atoms with Crippen LogP contribution in [0.25, 0.3) is 0 Å². The van der Waals surface area contributed by atoms with Crippen LogP contribution >= 0.6 is 0 Å². The van der Waals surface area contributed by atoms with E-state index in [1.54, 1.807) is 0 Å². The molecule has 0 radical (unpaired) electrons. The van der Waals surface area contributed by atoms with E-state index in [4.69, 9.17) is 4.84 Å². The molecule has 6 nitrogen and oxygen atoms in total. The summed E-state index contributed by atoms with van der Waals surface area (Å²) in [5.74, 6) is 0.309. The van der Waals surface area contributed by atoms with E-state index >= 15 is 0 Å². The van der Waals surface area contributed by atoms with Crippen molar-refractivity contribution in [2.45, 2.75) is 37.6 Å². The Morgan fingerprint density at radius 2 is 1.83 bits per heavy atom. The number of anilines is 1. The normalized spacial score (nSPS) is 19.9. The molecule has 2 aromatic rings. The van der Waals surface area contributed by atoms with Gasteiger partial charge in [0.25, 0.3) is 5.91 Å². The largest absolute Gasteiger partial charge is 0.417 e. The van der Waals surface area contributed by atoms with Gasteiger partial charge in [0.15, 0.2) is 0 Å². The second-order valence-electron chi connectivity index (χ2n) is 7.37. The SMILES string of the molecule is O=C(NC1CCN(c2ccc(C(F)(F)F)cn2)CC1)[C@@H]1CC(c2ccccc2)=NO1. The zero-order valence-electron chi connectivity index (χ0n) is 16.1. The Labute approximate surface area is 171 Å². The molecular weight excluding hydrogens is 397 g/mol. The Kier molecular flexibility index (Phi) is 5.61. The quantitative estimate of drug-likeness (QED) is 0.827. The van der Waals surface area contributed by atoms with Crippen molar-refractivity contribution in [3.8, 4) is 0 Å². The lowest BCUT2D eigenvalue weighted by Crippen LogP contribution is -2.47. The maximum atomic E-state index is 12.7. The molecule has 158 valence electrons. The zero-order chi connectivity index (χ0) is 21.1. The van der Waals surface area contributed by atoms with Gasteiger partial charge in [-0.2, -0.15) is 13.2 Å². The number of oxime groups is 1. The molecule has 0 aliphatic carbocycles. The van der Waals surface area contributed by atoms with E-state index in [2.05, 4.69) is 15.5 Å². The van der Waals surface area contributed by atoms with E-state index in [9.17, 15) is 18.0 Å². The first-order chi connectivity index (χ1) is 14.4. The van der Waals surface area contributed by atoms with Crippen molar-refractivity contribution in [1.82, 2.24) is 10.3 Å². The molecular formula is C21H21F3N4O2. The van der Waals surface area contributed by atoms with Crippen LogP contribution in [-0.4, -0.2) is 41.8 Å². The van der Waals surface area contributed by atoms with Crippen LogP contribution in [0.3, 0.4) is 0 Å². The second kappa shape index (κ2) is 8.33. The van der Waals surface area contributed by atoms with Gasteiger partial charge in [-0.3, -0.25) is 4.79 Å². The summed E-state index contributed by atoms with van der Waals surface area (Å²) in [5.41, 5.74) is 0.922. The number of aromatic nitrogens is 1. The fourth-order valence-electron chi connectivity index (χ4n) is 3.61. The highest BCUT2D eigenvalue weighted by Crippen LogP contribution is 2.30. The molecule has 9 heteroatoms. The molecule has 3 heterocycles. The Balaban J connectivity index is 1.26. The first-order valence-electron chi connectivity index (χ1n) is 9.77. The zero-order valence-corrected chi connectivity index (χ0v) is 16.1. The molecule has 1 amide bonds. The molecule has 1 aromatic heterocycles. The Morgan fingerprint density at radius 1 is 1.10 bits per heavy atom. The van der Waals surface area contributed by atoms with Gasteiger partial charge in [-0.15, -0.1) is 0 Å². The summed E-state index contributed by atoms with van der Waals surface area (Å²) in [7, 11) is 0. The molecule has 1 N–H and O–H groups in total. The number of carbonyl (C=O) groups excluding carboxylic acids is 1. The van der Waals surface area contributed by atoms with Crippen LogP contribution in [-0.2, 0) is 15.8 Å². The molecule has 4 rings (SSSR count). The number of rotatable bonds is 4. The second-order valence-corrected chi connectivity index (χ2v) is 7.37. The number of pyridine rings is 1. The lowest BCUT2D eigenvalue weighted by molar-refractivity contribution is -0.137.